The van der Waals surface area contributed by atoms with Gasteiger partial charge in [0.2, 0.25) is 0 Å². The van der Waals surface area contributed by atoms with Crippen molar-refractivity contribution in [2.75, 3.05) is 13.2 Å². The van der Waals surface area contributed by atoms with E-state index in [-0.39, 0.29) is 0 Å². The average Bonchev–Trinajstić information content (AvgIpc) is 1.90. The van der Waals surface area contributed by atoms with Crippen LogP contribution in [0.25, 0.3) is 0 Å². The number of alkyl halides is 1. The van der Waals surface area contributed by atoms with Gasteiger partial charge in [0.05, 0.1) is 6.61 Å². The molecule has 0 aliphatic carbocycles. The lowest BCUT2D eigenvalue weighted by Gasteiger charge is -2.23. The lowest BCUT2D eigenvalue weighted by Crippen LogP contribution is -2.23. The number of halogens is 1. The molecule has 1 saturated heterocycles. The highest BCUT2D eigenvalue weighted by molar-refractivity contribution is 14.1. The molecular formula is C7H13IO. The predicted octanol–water partition coefficient (Wildman–Crippen LogP) is 2.24. The highest BCUT2D eigenvalue weighted by Crippen LogP contribution is 2.22. The van der Waals surface area contributed by atoms with E-state index in [4.69, 9.17) is 4.74 Å². The first-order chi connectivity index (χ1) is 4.30. The van der Waals surface area contributed by atoms with Gasteiger partial charge in [0.15, 0.2) is 0 Å². The van der Waals surface area contributed by atoms with Crippen LogP contribution in [-0.2, 0) is 4.74 Å². The van der Waals surface area contributed by atoms with Crippen LogP contribution in [0, 0.1) is 5.92 Å². The average molecular weight is 240 g/mol. The highest BCUT2D eigenvalue weighted by atomic mass is 127. The fraction of sp³-hybridized carbons (Fsp3) is 1.00. The molecule has 0 bridgehead atoms. The second-order valence-corrected chi connectivity index (χ2v) is 4.62. The molecule has 0 radical (unpaired) electrons. The molecule has 0 aromatic rings. The van der Waals surface area contributed by atoms with Crippen LogP contribution in [0.15, 0.2) is 0 Å². The van der Waals surface area contributed by atoms with Gasteiger partial charge in [-0.1, -0.05) is 29.5 Å². The van der Waals surface area contributed by atoms with Crippen molar-refractivity contribution in [3.05, 3.63) is 0 Å². The molecule has 2 unspecified atom stereocenters. The molecule has 0 spiro atoms. The first-order valence-corrected chi connectivity index (χ1v) is 4.77. The monoisotopic (exact) mass is 240 g/mol. The van der Waals surface area contributed by atoms with Crippen molar-refractivity contribution in [2.24, 2.45) is 5.92 Å². The topological polar surface area (TPSA) is 9.23 Å². The fourth-order valence-electron chi connectivity index (χ4n) is 1.13. The van der Waals surface area contributed by atoms with Gasteiger partial charge in [0, 0.05) is 10.5 Å². The van der Waals surface area contributed by atoms with Gasteiger partial charge in [-0.25, -0.2) is 0 Å². The Morgan fingerprint density at radius 3 is 2.78 bits per heavy atom. The van der Waals surface area contributed by atoms with Crippen molar-refractivity contribution in [2.45, 2.75) is 23.7 Å². The maximum Gasteiger partial charge on any atom is 0.0504 e. The van der Waals surface area contributed by atoms with Gasteiger partial charge in [0.25, 0.3) is 0 Å². The molecule has 1 heterocycles. The summed E-state index contributed by atoms with van der Waals surface area (Å²) in [6, 6.07) is 0. The molecule has 1 aliphatic rings. The molecule has 2 atom stereocenters. The molecule has 0 N–H and O–H groups in total. The summed E-state index contributed by atoms with van der Waals surface area (Å²) in [5, 5.41) is 0. The molecule has 1 aliphatic heterocycles. The summed E-state index contributed by atoms with van der Waals surface area (Å²) in [6.07, 6.45) is 2.63. The molecule has 1 fully saturated rings. The van der Waals surface area contributed by atoms with Gasteiger partial charge in [-0.05, 0) is 18.8 Å². The van der Waals surface area contributed by atoms with E-state index >= 15 is 0 Å². The lowest BCUT2D eigenvalue weighted by atomic mass is 10.00. The van der Waals surface area contributed by atoms with Gasteiger partial charge < -0.3 is 4.74 Å². The van der Waals surface area contributed by atoms with Crippen molar-refractivity contribution in [1.29, 1.82) is 0 Å². The number of hydrogen-bond acceptors (Lipinski definition) is 1. The minimum atomic E-state index is 0.780. The zero-order valence-electron chi connectivity index (χ0n) is 5.77. The van der Waals surface area contributed by atoms with Gasteiger partial charge in [-0.3, -0.25) is 0 Å². The second kappa shape index (κ2) is 3.76. The fourth-order valence-corrected chi connectivity index (χ4v) is 1.70. The summed E-state index contributed by atoms with van der Waals surface area (Å²) < 4.78 is 6.12. The van der Waals surface area contributed by atoms with Crippen LogP contribution in [0.2, 0.25) is 0 Å². The van der Waals surface area contributed by atoms with Gasteiger partial charge >= 0.3 is 0 Å². The Hall–Kier alpha value is 0.690. The molecule has 0 saturated carbocycles. The minimum Gasteiger partial charge on any atom is -0.381 e. The third-order valence-corrected chi connectivity index (χ3v) is 2.86. The molecule has 1 nitrogen and oxygen atoms in total. The smallest absolute Gasteiger partial charge is 0.0504 e. The molecule has 1 rings (SSSR count). The number of ether oxygens (including phenoxy) is 1. The van der Waals surface area contributed by atoms with E-state index in [0.29, 0.717) is 0 Å². The first-order valence-electron chi connectivity index (χ1n) is 3.52. The minimum absolute atomic E-state index is 0.780. The van der Waals surface area contributed by atoms with Crippen LogP contribution in [0.1, 0.15) is 19.8 Å². The molecule has 2 heteroatoms. The molecule has 0 amide bonds. The normalized spacial score (nSPS) is 32.0. The molecular weight excluding hydrogens is 227 g/mol. The molecule has 0 aromatic heterocycles. The Morgan fingerprint density at radius 1 is 1.67 bits per heavy atom. The summed E-state index contributed by atoms with van der Waals surface area (Å²) in [7, 11) is 0. The van der Waals surface area contributed by atoms with Gasteiger partial charge in [0.1, 0.15) is 0 Å². The highest BCUT2D eigenvalue weighted by Gasteiger charge is 2.17. The van der Waals surface area contributed by atoms with E-state index < -0.39 is 0 Å². The van der Waals surface area contributed by atoms with Crippen LogP contribution in [0.5, 0.6) is 0 Å². The van der Waals surface area contributed by atoms with E-state index in [0.717, 1.165) is 23.1 Å². The van der Waals surface area contributed by atoms with Crippen LogP contribution in [0.3, 0.4) is 0 Å². The molecule has 9 heavy (non-hydrogen) atoms. The Bertz CT molecular complexity index is 77.0. The van der Waals surface area contributed by atoms with Crippen molar-refractivity contribution < 1.29 is 4.74 Å². The van der Waals surface area contributed by atoms with Crippen molar-refractivity contribution in [3.8, 4) is 0 Å². The zero-order valence-corrected chi connectivity index (χ0v) is 7.93. The summed E-state index contributed by atoms with van der Waals surface area (Å²) >= 11 is 2.48. The third kappa shape index (κ3) is 2.42. The van der Waals surface area contributed by atoms with E-state index in [2.05, 4.69) is 29.5 Å². The standard InChI is InChI=1S/C7H13IO/c1-6(8)7-3-2-4-9-5-7/h6-7H,2-5H2,1H3. The maximum absolute atomic E-state index is 5.34. The van der Waals surface area contributed by atoms with E-state index in [1.807, 2.05) is 0 Å². The second-order valence-electron chi connectivity index (χ2n) is 2.65. The predicted molar refractivity (Wildman–Crippen MR) is 47.0 cm³/mol. The summed E-state index contributed by atoms with van der Waals surface area (Å²) in [6.45, 7) is 4.24. The van der Waals surface area contributed by atoms with Crippen LogP contribution in [-0.4, -0.2) is 17.1 Å². The number of rotatable bonds is 1. The van der Waals surface area contributed by atoms with E-state index in [9.17, 15) is 0 Å². The summed E-state index contributed by atoms with van der Waals surface area (Å²) in [4.78, 5) is 0. The van der Waals surface area contributed by atoms with Crippen LogP contribution >= 0.6 is 22.6 Å². The largest absolute Gasteiger partial charge is 0.381 e. The first kappa shape index (κ1) is 7.79. The Labute approximate surface area is 70.3 Å². The maximum atomic E-state index is 5.34. The Morgan fingerprint density at radius 2 is 2.44 bits per heavy atom. The van der Waals surface area contributed by atoms with Crippen molar-refractivity contribution in [1.82, 2.24) is 0 Å². The van der Waals surface area contributed by atoms with E-state index in [1.54, 1.807) is 0 Å². The van der Waals surface area contributed by atoms with Gasteiger partial charge in [-0.15, -0.1) is 0 Å². The molecule has 54 valence electrons. The van der Waals surface area contributed by atoms with Gasteiger partial charge in [-0.2, -0.15) is 0 Å². The van der Waals surface area contributed by atoms with Crippen molar-refractivity contribution >= 4 is 22.6 Å². The lowest BCUT2D eigenvalue weighted by molar-refractivity contribution is 0.0571. The van der Waals surface area contributed by atoms with Crippen LogP contribution in [0.4, 0.5) is 0 Å². The molecule has 0 aromatic carbocycles. The number of hydrogen-bond donors (Lipinski definition) is 0. The van der Waals surface area contributed by atoms with Crippen molar-refractivity contribution in [3.63, 3.8) is 0 Å². The Balaban J connectivity index is 2.23. The van der Waals surface area contributed by atoms with E-state index in [1.165, 1.54) is 12.8 Å². The third-order valence-electron chi connectivity index (χ3n) is 1.85. The SMILES string of the molecule is CC(I)C1CCCOC1. The zero-order chi connectivity index (χ0) is 6.69. The Kier molecular flexibility index (Phi) is 3.26. The summed E-state index contributed by atoms with van der Waals surface area (Å²) in [5.74, 6) is 0.819. The quantitative estimate of drug-likeness (QED) is 0.504. The van der Waals surface area contributed by atoms with Crippen LogP contribution < -0.4 is 0 Å². The summed E-state index contributed by atoms with van der Waals surface area (Å²) in [5.41, 5.74) is 0.